The predicted molar refractivity (Wildman–Crippen MR) is 139 cm³/mol. The van der Waals surface area contributed by atoms with Gasteiger partial charge in [-0.05, 0) is 61.6 Å². The summed E-state index contributed by atoms with van der Waals surface area (Å²) in [6.07, 6.45) is 1.11. The minimum Gasteiger partial charge on any atom is -0.384 e. The SMILES string of the molecule is CCN(CC)c1ccc(C2C(C#N)=C(N)N(c3cccc(Cl)c3)C3=C2C(=O)CC(C)(C)C3)cc1. The van der Waals surface area contributed by atoms with Crippen LogP contribution in [0.5, 0.6) is 0 Å². The zero-order valence-corrected chi connectivity index (χ0v) is 21.0. The number of Topliss-reactive ketones (excluding diaryl/α,β-unsaturated/α-hetero) is 1. The Morgan fingerprint density at radius 3 is 2.41 bits per heavy atom. The van der Waals surface area contributed by atoms with Gasteiger partial charge in [0.1, 0.15) is 5.82 Å². The van der Waals surface area contributed by atoms with Gasteiger partial charge in [-0.15, -0.1) is 0 Å². The number of carbonyl (C=O) groups excluding carboxylic acids is 1. The van der Waals surface area contributed by atoms with E-state index in [4.69, 9.17) is 17.3 Å². The molecule has 1 aliphatic carbocycles. The highest BCUT2D eigenvalue weighted by molar-refractivity contribution is 6.30. The molecule has 1 atom stereocenters. The Balaban J connectivity index is 1.92. The quantitative estimate of drug-likeness (QED) is 0.564. The molecule has 0 radical (unpaired) electrons. The van der Waals surface area contributed by atoms with Crippen LogP contribution >= 0.6 is 11.6 Å². The third-order valence-corrected chi connectivity index (χ3v) is 7.04. The maximum Gasteiger partial charge on any atom is 0.162 e. The van der Waals surface area contributed by atoms with Crippen molar-refractivity contribution in [3.05, 3.63) is 81.8 Å². The molecule has 34 heavy (non-hydrogen) atoms. The zero-order chi connectivity index (χ0) is 24.6. The minimum atomic E-state index is -0.482. The highest BCUT2D eigenvalue weighted by Gasteiger charge is 2.44. The van der Waals surface area contributed by atoms with Gasteiger partial charge < -0.3 is 10.6 Å². The molecule has 2 aromatic carbocycles. The van der Waals surface area contributed by atoms with Crippen molar-refractivity contribution < 1.29 is 4.79 Å². The monoisotopic (exact) mass is 474 g/mol. The summed E-state index contributed by atoms with van der Waals surface area (Å²) in [7, 11) is 0. The lowest BCUT2D eigenvalue weighted by Crippen LogP contribution is -2.42. The summed E-state index contributed by atoms with van der Waals surface area (Å²) >= 11 is 6.30. The standard InChI is InChI=1S/C28H31ClN4O/c1-5-32(6-2)20-12-10-18(11-13-20)25-22(17-30)27(31)33(21-9-7-8-19(29)14-21)23-15-28(3,4)16-24(34)26(23)25/h7-14,25H,5-6,15-16,31H2,1-4H3. The first kappa shape index (κ1) is 23.9. The van der Waals surface area contributed by atoms with Gasteiger partial charge in [-0.25, -0.2) is 0 Å². The van der Waals surface area contributed by atoms with Crippen molar-refractivity contribution in [2.24, 2.45) is 11.1 Å². The molecule has 2 aliphatic rings. The third kappa shape index (κ3) is 4.19. The van der Waals surface area contributed by atoms with Crippen LogP contribution in [0.3, 0.4) is 0 Å². The largest absolute Gasteiger partial charge is 0.384 e. The van der Waals surface area contributed by atoms with Crippen molar-refractivity contribution in [3.8, 4) is 6.07 Å². The molecule has 0 spiro atoms. The Bertz CT molecular complexity index is 1220. The number of hydrogen-bond donors (Lipinski definition) is 1. The number of anilines is 2. The van der Waals surface area contributed by atoms with Crippen molar-refractivity contribution in [1.29, 1.82) is 5.26 Å². The summed E-state index contributed by atoms with van der Waals surface area (Å²) in [4.78, 5) is 17.7. The maximum absolute atomic E-state index is 13.6. The van der Waals surface area contributed by atoms with Crippen molar-refractivity contribution in [2.75, 3.05) is 22.9 Å². The summed E-state index contributed by atoms with van der Waals surface area (Å²) in [5.74, 6) is -0.0621. The van der Waals surface area contributed by atoms with E-state index in [1.807, 2.05) is 35.2 Å². The fourth-order valence-electron chi connectivity index (χ4n) is 5.22. The molecule has 0 bridgehead atoms. The van der Waals surface area contributed by atoms with Gasteiger partial charge in [0.2, 0.25) is 0 Å². The molecule has 176 valence electrons. The fraction of sp³-hybridized carbons (Fsp3) is 0.357. The molecule has 0 saturated carbocycles. The first-order valence-corrected chi connectivity index (χ1v) is 12.1. The molecular formula is C28H31ClN4O. The summed E-state index contributed by atoms with van der Waals surface area (Å²) in [5, 5.41) is 10.8. The Kier molecular flexibility index (Phi) is 6.47. The Morgan fingerprint density at radius 2 is 1.82 bits per heavy atom. The minimum absolute atomic E-state index is 0.0661. The van der Waals surface area contributed by atoms with E-state index in [0.29, 0.717) is 34.8 Å². The second-order valence-corrected chi connectivity index (χ2v) is 10.2. The molecule has 2 aromatic rings. The van der Waals surface area contributed by atoms with Crippen molar-refractivity contribution >= 4 is 28.8 Å². The third-order valence-electron chi connectivity index (χ3n) is 6.80. The summed E-state index contributed by atoms with van der Waals surface area (Å²) in [6, 6.07) is 17.9. The lowest BCUT2D eigenvalue weighted by molar-refractivity contribution is -0.118. The maximum atomic E-state index is 13.6. The molecule has 1 unspecified atom stereocenters. The average molecular weight is 475 g/mol. The van der Waals surface area contributed by atoms with Crippen LogP contribution in [0.4, 0.5) is 11.4 Å². The number of ketones is 1. The molecule has 1 heterocycles. The van der Waals surface area contributed by atoms with Gasteiger partial charge in [-0.3, -0.25) is 9.69 Å². The molecule has 0 aromatic heterocycles. The predicted octanol–water partition coefficient (Wildman–Crippen LogP) is 6.13. The number of rotatable bonds is 5. The van der Waals surface area contributed by atoms with E-state index in [9.17, 15) is 10.1 Å². The number of halogens is 1. The first-order valence-electron chi connectivity index (χ1n) is 11.8. The molecule has 0 fully saturated rings. The second kappa shape index (κ2) is 9.19. The van der Waals surface area contributed by atoms with E-state index in [1.54, 1.807) is 6.07 Å². The van der Waals surface area contributed by atoms with Gasteiger partial charge in [0.15, 0.2) is 5.78 Å². The molecule has 0 saturated heterocycles. The lowest BCUT2D eigenvalue weighted by atomic mass is 9.68. The van der Waals surface area contributed by atoms with Crippen LogP contribution in [0.2, 0.25) is 5.02 Å². The van der Waals surface area contributed by atoms with Gasteiger partial charge in [0, 0.05) is 47.2 Å². The van der Waals surface area contributed by atoms with E-state index in [1.165, 1.54) is 0 Å². The van der Waals surface area contributed by atoms with E-state index < -0.39 is 5.92 Å². The second-order valence-electron chi connectivity index (χ2n) is 9.72. The van der Waals surface area contributed by atoms with Gasteiger partial charge in [-0.2, -0.15) is 5.26 Å². The van der Waals surface area contributed by atoms with Crippen molar-refractivity contribution in [2.45, 2.75) is 46.5 Å². The van der Waals surface area contributed by atoms with Gasteiger partial charge in [0.25, 0.3) is 0 Å². The Morgan fingerprint density at radius 1 is 1.15 bits per heavy atom. The van der Waals surface area contributed by atoms with E-state index in [0.717, 1.165) is 35.7 Å². The summed E-state index contributed by atoms with van der Waals surface area (Å²) in [5.41, 5.74) is 11.2. The number of nitriles is 1. The fourth-order valence-corrected chi connectivity index (χ4v) is 5.40. The van der Waals surface area contributed by atoms with Gasteiger partial charge in [0.05, 0.1) is 17.6 Å². The Labute approximate surface area is 207 Å². The number of hydrogen-bond acceptors (Lipinski definition) is 5. The number of allylic oxidation sites excluding steroid dienone is 3. The van der Waals surface area contributed by atoms with Gasteiger partial charge in [-0.1, -0.05) is 43.6 Å². The van der Waals surface area contributed by atoms with Crippen LogP contribution in [-0.2, 0) is 4.79 Å². The average Bonchev–Trinajstić information content (AvgIpc) is 2.79. The smallest absolute Gasteiger partial charge is 0.162 e. The van der Waals surface area contributed by atoms with Crippen LogP contribution in [0.25, 0.3) is 0 Å². The highest BCUT2D eigenvalue weighted by atomic mass is 35.5. The van der Waals surface area contributed by atoms with Crippen molar-refractivity contribution in [1.82, 2.24) is 0 Å². The van der Waals surface area contributed by atoms with E-state index >= 15 is 0 Å². The zero-order valence-electron chi connectivity index (χ0n) is 20.2. The van der Waals surface area contributed by atoms with E-state index in [-0.39, 0.29) is 11.2 Å². The van der Waals surface area contributed by atoms with Crippen LogP contribution in [0.1, 0.15) is 52.0 Å². The lowest BCUT2D eigenvalue weighted by Gasteiger charge is -2.43. The molecule has 0 amide bonds. The van der Waals surface area contributed by atoms with Crippen LogP contribution < -0.4 is 15.5 Å². The molecular weight excluding hydrogens is 444 g/mol. The van der Waals surface area contributed by atoms with E-state index in [2.05, 4.69) is 50.8 Å². The first-order chi connectivity index (χ1) is 16.2. The number of nitrogens with zero attached hydrogens (tertiary/aromatic N) is 3. The summed E-state index contributed by atoms with van der Waals surface area (Å²) in [6.45, 7) is 10.3. The Hall–Kier alpha value is -3.23. The van der Waals surface area contributed by atoms with Crippen LogP contribution in [0.15, 0.2) is 71.2 Å². The van der Waals surface area contributed by atoms with Crippen LogP contribution in [0, 0.1) is 16.7 Å². The number of carbonyl (C=O) groups is 1. The number of benzene rings is 2. The van der Waals surface area contributed by atoms with Crippen molar-refractivity contribution in [3.63, 3.8) is 0 Å². The molecule has 4 rings (SSSR count). The normalized spacial score (nSPS) is 19.7. The topological polar surface area (TPSA) is 73.4 Å². The molecule has 6 heteroatoms. The summed E-state index contributed by atoms with van der Waals surface area (Å²) < 4.78 is 0. The molecule has 1 aliphatic heterocycles. The number of nitrogens with two attached hydrogens (primary N) is 1. The van der Waals surface area contributed by atoms with Gasteiger partial charge >= 0.3 is 0 Å². The van der Waals surface area contributed by atoms with Crippen LogP contribution in [-0.4, -0.2) is 18.9 Å². The molecule has 2 N–H and O–H groups in total. The molecule has 5 nitrogen and oxygen atoms in total. The highest BCUT2D eigenvalue weighted by Crippen LogP contribution is 2.50.